The van der Waals surface area contributed by atoms with Crippen molar-refractivity contribution in [3.63, 3.8) is 0 Å². The number of carbonyl (C=O) groups excluding carboxylic acids is 2. The molecule has 1 rings (SSSR count). The van der Waals surface area contributed by atoms with Crippen LogP contribution in [0, 0.1) is 0 Å². The third kappa shape index (κ3) is 2.96. The van der Waals surface area contributed by atoms with Crippen molar-refractivity contribution in [1.82, 2.24) is 9.80 Å². The standard InChI is InChI=1S/C10H16N2O4/c1-3-7-16-10(14)12-5-4-11(9(12)13)6-8-15-2/h3H,1,4-8H2,2H3. The zero-order valence-electron chi connectivity index (χ0n) is 9.35. The van der Waals surface area contributed by atoms with Crippen LogP contribution < -0.4 is 0 Å². The maximum absolute atomic E-state index is 11.7. The number of imide groups is 1. The summed E-state index contributed by atoms with van der Waals surface area (Å²) in [6, 6.07) is -0.328. The van der Waals surface area contributed by atoms with E-state index in [0.29, 0.717) is 26.2 Å². The molecule has 16 heavy (non-hydrogen) atoms. The van der Waals surface area contributed by atoms with Gasteiger partial charge >= 0.3 is 12.1 Å². The Balaban J connectivity index is 2.43. The normalized spacial score (nSPS) is 15.4. The highest BCUT2D eigenvalue weighted by Gasteiger charge is 2.33. The SMILES string of the molecule is C=CCOC(=O)N1CCN(CCOC)C1=O. The minimum Gasteiger partial charge on any atom is -0.445 e. The summed E-state index contributed by atoms with van der Waals surface area (Å²) >= 11 is 0. The third-order valence-electron chi connectivity index (χ3n) is 2.21. The Labute approximate surface area is 94.4 Å². The third-order valence-corrected chi connectivity index (χ3v) is 2.21. The number of hydrogen-bond acceptors (Lipinski definition) is 4. The first kappa shape index (κ1) is 12.5. The number of urea groups is 1. The van der Waals surface area contributed by atoms with E-state index >= 15 is 0 Å². The van der Waals surface area contributed by atoms with Gasteiger partial charge in [0.05, 0.1) is 13.2 Å². The number of nitrogens with zero attached hydrogens (tertiary/aromatic N) is 2. The summed E-state index contributed by atoms with van der Waals surface area (Å²) in [5.41, 5.74) is 0. The molecule has 0 radical (unpaired) electrons. The molecule has 0 bridgehead atoms. The Hall–Kier alpha value is -1.56. The summed E-state index contributed by atoms with van der Waals surface area (Å²) in [6.45, 7) is 5.36. The quantitative estimate of drug-likeness (QED) is 0.650. The second-order valence-corrected chi connectivity index (χ2v) is 3.28. The molecule has 0 spiro atoms. The van der Waals surface area contributed by atoms with E-state index in [4.69, 9.17) is 9.47 Å². The van der Waals surface area contributed by atoms with Crippen LogP contribution in [-0.2, 0) is 9.47 Å². The summed E-state index contributed by atoms with van der Waals surface area (Å²) in [6.07, 6.45) is 0.839. The van der Waals surface area contributed by atoms with Crippen LogP contribution in [0.15, 0.2) is 12.7 Å². The van der Waals surface area contributed by atoms with Crippen molar-refractivity contribution in [2.24, 2.45) is 0 Å². The van der Waals surface area contributed by atoms with Gasteiger partial charge in [-0.15, -0.1) is 0 Å². The molecule has 6 heteroatoms. The number of methoxy groups -OCH3 is 1. The first-order chi connectivity index (χ1) is 7.70. The van der Waals surface area contributed by atoms with Gasteiger partial charge in [0, 0.05) is 20.2 Å². The zero-order valence-corrected chi connectivity index (χ0v) is 9.35. The van der Waals surface area contributed by atoms with Crippen LogP contribution in [0.5, 0.6) is 0 Å². The van der Waals surface area contributed by atoms with Crippen molar-refractivity contribution in [3.05, 3.63) is 12.7 Å². The summed E-state index contributed by atoms with van der Waals surface area (Å²) in [5, 5.41) is 0. The molecule has 0 aromatic carbocycles. The van der Waals surface area contributed by atoms with E-state index < -0.39 is 6.09 Å². The van der Waals surface area contributed by atoms with E-state index in [1.807, 2.05) is 0 Å². The summed E-state index contributed by atoms with van der Waals surface area (Å²) in [7, 11) is 1.57. The van der Waals surface area contributed by atoms with Crippen LogP contribution in [-0.4, -0.2) is 61.9 Å². The molecule has 0 atom stereocenters. The van der Waals surface area contributed by atoms with E-state index in [2.05, 4.69) is 6.58 Å². The van der Waals surface area contributed by atoms with Crippen molar-refractivity contribution < 1.29 is 19.1 Å². The summed E-state index contributed by atoms with van der Waals surface area (Å²) < 4.78 is 9.66. The van der Waals surface area contributed by atoms with Gasteiger partial charge in [-0.25, -0.2) is 14.5 Å². The Bertz CT molecular complexity index is 280. The minimum atomic E-state index is -0.621. The fourth-order valence-electron chi connectivity index (χ4n) is 1.37. The molecule has 90 valence electrons. The number of hydrogen-bond donors (Lipinski definition) is 0. The highest BCUT2D eigenvalue weighted by molar-refractivity contribution is 5.92. The van der Waals surface area contributed by atoms with Crippen molar-refractivity contribution in [2.75, 3.05) is 40.0 Å². The Morgan fingerprint density at radius 2 is 2.31 bits per heavy atom. The van der Waals surface area contributed by atoms with Crippen molar-refractivity contribution in [2.45, 2.75) is 0 Å². The highest BCUT2D eigenvalue weighted by atomic mass is 16.6. The number of amides is 3. The number of rotatable bonds is 5. The molecule has 3 amide bonds. The van der Waals surface area contributed by atoms with Gasteiger partial charge in [-0.2, -0.15) is 0 Å². The average Bonchev–Trinajstić information content (AvgIpc) is 2.65. The van der Waals surface area contributed by atoms with Crippen LogP contribution in [0.2, 0.25) is 0 Å². The monoisotopic (exact) mass is 228 g/mol. The number of carbonyl (C=O) groups is 2. The van der Waals surface area contributed by atoms with E-state index in [1.165, 1.54) is 6.08 Å². The summed E-state index contributed by atoms with van der Waals surface area (Å²) in [5.74, 6) is 0. The molecule has 1 aliphatic rings. The molecule has 0 aromatic rings. The van der Waals surface area contributed by atoms with Gasteiger partial charge in [-0.1, -0.05) is 12.7 Å². The lowest BCUT2D eigenvalue weighted by atomic mass is 10.5. The van der Waals surface area contributed by atoms with Crippen molar-refractivity contribution in [1.29, 1.82) is 0 Å². The van der Waals surface area contributed by atoms with Gasteiger partial charge < -0.3 is 14.4 Å². The zero-order chi connectivity index (χ0) is 12.0. The van der Waals surface area contributed by atoms with E-state index in [1.54, 1.807) is 12.0 Å². The fourth-order valence-corrected chi connectivity index (χ4v) is 1.37. The summed E-state index contributed by atoms with van der Waals surface area (Å²) in [4.78, 5) is 25.7. The molecule has 0 saturated carbocycles. The minimum absolute atomic E-state index is 0.112. The van der Waals surface area contributed by atoms with Crippen molar-refractivity contribution >= 4 is 12.1 Å². The van der Waals surface area contributed by atoms with E-state index in [-0.39, 0.29) is 12.6 Å². The highest BCUT2D eigenvalue weighted by Crippen LogP contribution is 2.09. The molecule has 6 nitrogen and oxygen atoms in total. The van der Waals surface area contributed by atoms with Gasteiger partial charge in [0.2, 0.25) is 0 Å². The molecule has 0 N–H and O–H groups in total. The molecule has 1 fully saturated rings. The van der Waals surface area contributed by atoms with Gasteiger partial charge in [0.15, 0.2) is 0 Å². The van der Waals surface area contributed by atoms with Crippen LogP contribution >= 0.6 is 0 Å². The van der Waals surface area contributed by atoms with Gasteiger partial charge in [-0.05, 0) is 0 Å². The van der Waals surface area contributed by atoms with Gasteiger partial charge in [0.25, 0.3) is 0 Å². The predicted molar refractivity (Wildman–Crippen MR) is 57.1 cm³/mol. The molecule has 1 heterocycles. The lowest BCUT2D eigenvalue weighted by molar-refractivity contribution is 0.121. The van der Waals surface area contributed by atoms with E-state index in [9.17, 15) is 9.59 Å². The molecule has 0 unspecified atom stereocenters. The molecule has 1 saturated heterocycles. The Kier molecular flexibility index (Phi) is 4.78. The van der Waals surface area contributed by atoms with Crippen LogP contribution in [0.4, 0.5) is 9.59 Å². The molecular formula is C10H16N2O4. The van der Waals surface area contributed by atoms with E-state index in [0.717, 1.165) is 4.90 Å². The largest absolute Gasteiger partial charge is 0.445 e. The molecule has 0 aliphatic carbocycles. The van der Waals surface area contributed by atoms with Crippen LogP contribution in [0.3, 0.4) is 0 Å². The second-order valence-electron chi connectivity index (χ2n) is 3.28. The Morgan fingerprint density at radius 3 is 2.94 bits per heavy atom. The first-order valence-corrected chi connectivity index (χ1v) is 5.03. The smallest absolute Gasteiger partial charge is 0.418 e. The topological polar surface area (TPSA) is 59.1 Å². The Morgan fingerprint density at radius 1 is 1.56 bits per heavy atom. The van der Waals surface area contributed by atoms with Gasteiger partial charge in [-0.3, -0.25) is 0 Å². The lowest BCUT2D eigenvalue weighted by Gasteiger charge is -2.16. The van der Waals surface area contributed by atoms with Crippen LogP contribution in [0.1, 0.15) is 0 Å². The van der Waals surface area contributed by atoms with Crippen LogP contribution in [0.25, 0.3) is 0 Å². The molecule has 1 aliphatic heterocycles. The first-order valence-electron chi connectivity index (χ1n) is 5.03. The maximum atomic E-state index is 11.7. The predicted octanol–water partition coefficient (Wildman–Crippen LogP) is 0.693. The fraction of sp³-hybridized carbons (Fsp3) is 0.600. The number of ether oxygens (including phenoxy) is 2. The molecular weight excluding hydrogens is 212 g/mol. The lowest BCUT2D eigenvalue weighted by Crippen LogP contribution is -2.37. The van der Waals surface area contributed by atoms with Gasteiger partial charge in [0.1, 0.15) is 6.61 Å². The molecule has 0 aromatic heterocycles. The van der Waals surface area contributed by atoms with Crippen molar-refractivity contribution in [3.8, 4) is 0 Å². The average molecular weight is 228 g/mol. The maximum Gasteiger partial charge on any atom is 0.418 e. The second kappa shape index (κ2) is 6.12.